The molecule has 2 aliphatic heterocycles. The summed E-state index contributed by atoms with van der Waals surface area (Å²) in [6.07, 6.45) is 0. The second kappa shape index (κ2) is 18.0. The Bertz CT molecular complexity index is 4680. The molecule has 0 saturated carbocycles. The Morgan fingerprint density at radius 1 is 0.337 bits per heavy atom. The van der Waals surface area contributed by atoms with Crippen LogP contribution in [-0.2, 0) is 10.8 Å². The van der Waals surface area contributed by atoms with E-state index in [4.69, 9.17) is 8.83 Å². The first-order valence-electron chi connectivity index (χ1n) is 28.4. The quantitative estimate of drug-likeness (QED) is 0.155. The summed E-state index contributed by atoms with van der Waals surface area (Å²) in [5.41, 5.74) is 21.3. The molecule has 17 rings (SSSR count). The van der Waals surface area contributed by atoms with E-state index < -0.39 is 0 Å². The molecule has 0 amide bonds. The highest BCUT2D eigenvalue weighted by Gasteiger charge is 2.49. The predicted molar refractivity (Wildman–Crippen MR) is 361 cm³/mol. The van der Waals surface area contributed by atoms with Crippen molar-refractivity contribution in [3.8, 4) is 44.5 Å². The highest BCUT2D eigenvalue weighted by molar-refractivity contribution is 7.19. The average molecular weight is 1140 g/mol. The van der Waals surface area contributed by atoms with Gasteiger partial charge in [-0.2, -0.15) is 0 Å². The van der Waals surface area contributed by atoms with Gasteiger partial charge in [0.1, 0.15) is 11.2 Å². The van der Waals surface area contributed by atoms with Crippen LogP contribution < -0.4 is 26.2 Å². The molecule has 4 nitrogen and oxygen atoms in total. The Balaban J connectivity index is 0.990. The van der Waals surface area contributed by atoms with E-state index in [0.29, 0.717) is 0 Å². The minimum Gasteiger partial charge on any atom is -0.440 e. The third kappa shape index (κ3) is 7.54. The molecule has 398 valence electrons. The maximum Gasteiger partial charge on any atom is 0.262 e. The van der Waals surface area contributed by atoms with Gasteiger partial charge in [-0.3, -0.25) is 9.80 Å². The minimum atomic E-state index is -0.264. The molecule has 0 saturated heterocycles. The molecule has 0 atom stereocenters. The molecule has 0 radical (unpaired) electrons. The second-order valence-corrected chi connectivity index (χ2v) is 28.1. The molecule has 15 aromatic rings. The van der Waals surface area contributed by atoms with Gasteiger partial charge in [0.15, 0.2) is 0 Å². The van der Waals surface area contributed by atoms with Gasteiger partial charge in [0.25, 0.3) is 6.71 Å². The summed E-state index contributed by atoms with van der Waals surface area (Å²) in [4.78, 5) is 4.92. The number of benzene rings is 9. The number of nitrogens with zero attached hydrogens (tertiary/aromatic N) is 2. The van der Waals surface area contributed by atoms with Crippen LogP contribution in [0, 0.1) is 0 Å². The molecule has 0 aliphatic carbocycles. The highest BCUT2D eigenvalue weighted by atomic mass is 32.1. The lowest BCUT2D eigenvalue weighted by molar-refractivity contribution is 0.589. The molecule has 9 heteroatoms. The van der Waals surface area contributed by atoms with Crippen molar-refractivity contribution in [1.29, 1.82) is 0 Å². The molecule has 2 aliphatic rings. The smallest absolute Gasteiger partial charge is 0.262 e. The van der Waals surface area contributed by atoms with Crippen LogP contribution >= 0.6 is 45.3 Å². The van der Waals surface area contributed by atoms with Crippen molar-refractivity contribution >= 4 is 165 Å². The zero-order valence-electron chi connectivity index (χ0n) is 46.6. The summed E-state index contributed by atoms with van der Waals surface area (Å²) in [5.74, 6) is 1.65. The zero-order valence-corrected chi connectivity index (χ0v) is 49.9. The zero-order chi connectivity index (χ0) is 55.6. The van der Waals surface area contributed by atoms with Crippen LogP contribution in [0.2, 0.25) is 0 Å². The van der Waals surface area contributed by atoms with Crippen molar-refractivity contribution in [1.82, 2.24) is 0 Å². The maximum atomic E-state index is 7.55. The maximum absolute atomic E-state index is 7.55. The molecule has 83 heavy (non-hydrogen) atoms. The van der Waals surface area contributed by atoms with Crippen LogP contribution in [0.25, 0.3) is 107 Å². The van der Waals surface area contributed by atoms with E-state index in [2.05, 4.69) is 261 Å². The number of furan rings is 2. The largest absolute Gasteiger partial charge is 0.440 e. The molecule has 0 unspecified atom stereocenters. The number of anilines is 6. The summed E-state index contributed by atoms with van der Waals surface area (Å²) >= 11 is 7.22. The van der Waals surface area contributed by atoms with Crippen LogP contribution in [0.4, 0.5) is 34.5 Å². The van der Waals surface area contributed by atoms with Gasteiger partial charge in [0.2, 0.25) is 11.8 Å². The first kappa shape index (κ1) is 49.2. The topological polar surface area (TPSA) is 32.8 Å². The molecule has 8 heterocycles. The number of hydrogen-bond acceptors (Lipinski definition) is 8. The van der Waals surface area contributed by atoms with E-state index in [-0.39, 0.29) is 17.5 Å². The van der Waals surface area contributed by atoms with Crippen molar-refractivity contribution in [3.05, 3.63) is 221 Å². The fraction of sp³-hybridized carbons (Fsp3) is 0.108. The van der Waals surface area contributed by atoms with E-state index in [9.17, 15) is 0 Å². The van der Waals surface area contributed by atoms with Gasteiger partial charge in [-0.15, -0.1) is 45.3 Å². The number of thiophene rings is 4. The Morgan fingerprint density at radius 2 is 0.675 bits per heavy atom. The van der Waals surface area contributed by atoms with E-state index in [1.807, 2.05) is 0 Å². The normalized spacial score (nSPS) is 13.3. The summed E-state index contributed by atoms with van der Waals surface area (Å²) < 4.78 is 20.2. The van der Waals surface area contributed by atoms with Gasteiger partial charge in [-0.25, -0.2) is 0 Å². The fourth-order valence-electron chi connectivity index (χ4n) is 13.3. The molecule has 6 aromatic heterocycles. The van der Waals surface area contributed by atoms with Gasteiger partial charge in [0.05, 0.1) is 11.4 Å². The van der Waals surface area contributed by atoms with Crippen LogP contribution in [-0.4, -0.2) is 6.71 Å². The lowest BCUT2D eigenvalue weighted by Gasteiger charge is -2.40. The second-order valence-electron chi connectivity index (χ2n) is 24.5. The first-order chi connectivity index (χ1) is 40.4. The molecule has 0 bridgehead atoms. The van der Waals surface area contributed by atoms with Gasteiger partial charge < -0.3 is 8.83 Å². The summed E-state index contributed by atoms with van der Waals surface area (Å²) in [6.45, 7) is 13.6. The Hall–Kier alpha value is -8.44. The summed E-state index contributed by atoms with van der Waals surface area (Å²) in [6, 6.07) is 70.4. The SMILES string of the molecule is CC(C)(C)c1ccc2oc3c(c2c1)B1c2c(cccc2N(c2cc(-c4csc5ccccc45)cc(-c4csc5ccccc45)c2)c2oc4ccc(C(C)(C)C)cc4c21)N3c1cc(-c2csc3ccccc23)cc(-c2csc3ccccc23)c1. The summed E-state index contributed by atoms with van der Waals surface area (Å²) in [7, 11) is 0. The van der Waals surface area contributed by atoms with E-state index >= 15 is 0 Å². The third-order valence-electron chi connectivity index (χ3n) is 17.5. The van der Waals surface area contributed by atoms with Crippen LogP contribution in [0.3, 0.4) is 0 Å². The van der Waals surface area contributed by atoms with Crippen molar-refractivity contribution < 1.29 is 8.83 Å². The van der Waals surface area contributed by atoms with Crippen molar-refractivity contribution in [3.63, 3.8) is 0 Å². The number of hydrogen-bond donors (Lipinski definition) is 0. The highest BCUT2D eigenvalue weighted by Crippen LogP contribution is 2.52. The molecular formula is C74H53BN2O2S4. The lowest BCUT2D eigenvalue weighted by atomic mass is 9.33. The minimum absolute atomic E-state index is 0.117. The van der Waals surface area contributed by atoms with Crippen molar-refractivity contribution in [2.45, 2.75) is 52.4 Å². The average Bonchev–Trinajstić information content (AvgIpc) is 1.71. The van der Waals surface area contributed by atoms with Crippen molar-refractivity contribution in [2.75, 3.05) is 9.80 Å². The third-order valence-corrected chi connectivity index (χ3v) is 21.3. The number of fused-ring (bicyclic) bond motifs is 12. The molecule has 0 N–H and O–H groups in total. The van der Waals surface area contributed by atoms with Gasteiger partial charge in [-0.05, 0) is 168 Å². The first-order valence-corrected chi connectivity index (χ1v) is 32.0. The van der Waals surface area contributed by atoms with Gasteiger partial charge in [0, 0.05) is 95.7 Å². The van der Waals surface area contributed by atoms with Gasteiger partial charge in [-0.1, -0.05) is 133 Å². The monoisotopic (exact) mass is 1140 g/mol. The Labute approximate surface area is 497 Å². The Morgan fingerprint density at radius 3 is 1.01 bits per heavy atom. The van der Waals surface area contributed by atoms with Crippen LogP contribution in [0.1, 0.15) is 52.7 Å². The predicted octanol–water partition coefficient (Wildman–Crippen LogP) is 21.4. The van der Waals surface area contributed by atoms with Gasteiger partial charge >= 0.3 is 0 Å². The molecular weight excluding hydrogens is 1090 g/mol. The lowest BCUT2D eigenvalue weighted by Crippen LogP contribution is -2.60. The Kier molecular flexibility index (Phi) is 10.7. The standard InChI is InChI=1S/C74H53BN2O2S4/c1-73(2,3)46-26-28-62-54(36-46)68-71(78-62)76(48-32-42(56-38-80-64-22-11-7-16-50(56)64)30-43(33-48)57-39-81-65-23-12-8-17-51(57)65)60-20-15-21-61-70(60)75(68)69-55-37-47(74(4,5)6)27-29-63(55)79-72(69)77(61)49-34-44(58-40-82-66-24-13-9-18-52(58)66)31-45(35-49)59-41-83-67-25-14-10-19-53(59)67/h7-41H,1-6H3. The number of rotatable bonds is 6. The van der Waals surface area contributed by atoms with Crippen molar-refractivity contribution in [2.24, 2.45) is 0 Å². The van der Waals surface area contributed by atoms with Crippen LogP contribution in [0.15, 0.2) is 218 Å². The van der Waals surface area contributed by atoms with Crippen LogP contribution in [0.5, 0.6) is 0 Å². The molecule has 9 aromatic carbocycles. The van der Waals surface area contributed by atoms with E-state index in [0.717, 1.165) is 89.6 Å². The fourth-order valence-corrected chi connectivity index (χ4v) is 17.2. The van der Waals surface area contributed by atoms with E-state index in [1.54, 1.807) is 45.3 Å². The molecule has 0 spiro atoms. The van der Waals surface area contributed by atoms with E-state index in [1.165, 1.54) is 79.2 Å². The summed E-state index contributed by atoms with van der Waals surface area (Å²) in [5, 5.41) is 16.6. The molecule has 0 fully saturated rings.